The van der Waals surface area contributed by atoms with E-state index >= 15 is 0 Å². The maximum Gasteiger partial charge on any atom is 0.409 e. The summed E-state index contributed by atoms with van der Waals surface area (Å²) in [6, 6.07) is 9.72. The Hall–Kier alpha value is -4.48. The summed E-state index contributed by atoms with van der Waals surface area (Å²) in [6.45, 7) is 1.55. The summed E-state index contributed by atoms with van der Waals surface area (Å²) >= 11 is 0. The Kier molecular flexibility index (Phi) is 5.77. The SMILES string of the molecule is O=C(OCCCn1c2c(=O)c3ccccc3c(=O)c=2[nH]n1O)N1CCN(C(=O)c2ccco2)CC1. The molecule has 0 atom stereocenters. The van der Waals surface area contributed by atoms with Crippen LogP contribution in [0.2, 0.25) is 0 Å². The number of hydrogen-bond acceptors (Lipinski definition) is 7. The number of fused-ring (bicyclic) bond motifs is 1. The second-order valence-electron chi connectivity index (χ2n) is 8.18. The molecule has 12 heteroatoms. The molecular formula is C23H23N5O7. The highest BCUT2D eigenvalue weighted by Crippen LogP contribution is 2.11. The van der Waals surface area contributed by atoms with Gasteiger partial charge in [0.05, 0.1) is 12.9 Å². The lowest BCUT2D eigenvalue weighted by molar-refractivity contribution is 0.0502. The quantitative estimate of drug-likeness (QED) is 0.320. The molecule has 2 aromatic rings. The number of nitrogens with one attached hydrogen (secondary N) is 1. The van der Waals surface area contributed by atoms with Crippen molar-refractivity contribution in [3.8, 4) is 0 Å². The van der Waals surface area contributed by atoms with Gasteiger partial charge in [0.1, 0.15) is 10.7 Å². The van der Waals surface area contributed by atoms with Crippen molar-refractivity contribution in [2.24, 2.45) is 0 Å². The van der Waals surface area contributed by atoms with Gasteiger partial charge in [0.2, 0.25) is 10.9 Å². The van der Waals surface area contributed by atoms with E-state index in [0.29, 0.717) is 37.6 Å². The van der Waals surface area contributed by atoms with Gasteiger partial charge in [0.25, 0.3) is 5.91 Å². The van der Waals surface area contributed by atoms with Crippen LogP contribution in [0.15, 0.2) is 56.7 Å². The maximum absolute atomic E-state index is 12.9. The molecule has 2 N–H and O–H groups in total. The maximum atomic E-state index is 12.9. The third-order valence-corrected chi connectivity index (χ3v) is 6.09. The lowest BCUT2D eigenvalue weighted by Gasteiger charge is -2.33. The zero-order valence-corrected chi connectivity index (χ0v) is 18.7. The van der Waals surface area contributed by atoms with E-state index in [1.807, 2.05) is 0 Å². The molecule has 2 amide bonds. The van der Waals surface area contributed by atoms with Crippen LogP contribution >= 0.6 is 0 Å². The minimum absolute atomic E-state index is 0.00941. The Morgan fingerprint density at radius 1 is 0.971 bits per heavy atom. The largest absolute Gasteiger partial charge is 0.459 e. The molecule has 3 heterocycles. The Morgan fingerprint density at radius 3 is 2.34 bits per heavy atom. The minimum Gasteiger partial charge on any atom is -0.459 e. The van der Waals surface area contributed by atoms with Gasteiger partial charge in [-0.15, -0.1) is 0 Å². The average molecular weight is 481 g/mol. The first-order chi connectivity index (χ1) is 17.0. The fraction of sp³-hybridized carbons (Fsp3) is 0.304. The summed E-state index contributed by atoms with van der Waals surface area (Å²) in [7, 11) is 0. The number of ether oxygens (including phenoxy) is 1. The molecule has 0 saturated carbocycles. The molecule has 0 radical (unpaired) electrons. The molecule has 1 aromatic carbocycles. The normalized spacial score (nSPS) is 14.1. The van der Waals surface area contributed by atoms with E-state index in [0.717, 1.165) is 0 Å². The van der Waals surface area contributed by atoms with Crippen LogP contribution in [0.25, 0.3) is 10.8 Å². The molecule has 1 aliphatic carbocycles. The van der Waals surface area contributed by atoms with E-state index in [4.69, 9.17) is 9.15 Å². The first kappa shape index (κ1) is 22.3. The van der Waals surface area contributed by atoms with Crippen molar-refractivity contribution in [3.05, 3.63) is 79.6 Å². The summed E-state index contributed by atoms with van der Waals surface area (Å²) in [5.74, 6) is 0.0399. The summed E-state index contributed by atoms with van der Waals surface area (Å²) < 4.78 is 11.7. The van der Waals surface area contributed by atoms with Gasteiger partial charge in [-0.1, -0.05) is 29.2 Å². The number of rotatable bonds is 5. The van der Waals surface area contributed by atoms with Crippen molar-refractivity contribution in [3.63, 3.8) is 0 Å². The Balaban J connectivity index is 1.19. The van der Waals surface area contributed by atoms with Crippen molar-refractivity contribution < 1.29 is 24.0 Å². The summed E-state index contributed by atoms with van der Waals surface area (Å²) in [5, 5.41) is 13.4. The predicted molar refractivity (Wildman–Crippen MR) is 121 cm³/mol. The van der Waals surface area contributed by atoms with E-state index in [1.54, 1.807) is 41.3 Å². The molecule has 3 aliphatic rings. The molecule has 5 rings (SSSR count). The average Bonchev–Trinajstić information content (AvgIpc) is 3.53. The van der Waals surface area contributed by atoms with Crippen molar-refractivity contribution in [2.45, 2.75) is 13.0 Å². The third kappa shape index (κ3) is 4.03. The van der Waals surface area contributed by atoms with Gasteiger partial charge in [0.15, 0.2) is 5.76 Å². The number of hydrogen-bond donors (Lipinski definition) is 2. The van der Waals surface area contributed by atoms with Gasteiger partial charge < -0.3 is 24.2 Å². The van der Waals surface area contributed by atoms with Gasteiger partial charge in [-0.25, -0.2) is 14.6 Å². The molecule has 1 fully saturated rings. The van der Waals surface area contributed by atoms with Gasteiger partial charge in [-0.05, 0) is 12.1 Å². The van der Waals surface area contributed by atoms with Crippen LogP contribution in [0.1, 0.15) is 17.0 Å². The Bertz CT molecular complexity index is 1560. The molecule has 1 aromatic heterocycles. The highest BCUT2D eigenvalue weighted by molar-refractivity contribution is 5.91. The van der Waals surface area contributed by atoms with Crippen LogP contribution in [0.4, 0.5) is 4.79 Å². The summed E-state index contributed by atoms with van der Waals surface area (Å²) in [6.07, 6.45) is 1.22. The summed E-state index contributed by atoms with van der Waals surface area (Å²) in [5.41, 5.74) is -0.758. The predicted octanol–water partition coefficient (Wildman–Crippen LogP) is 1.03. The van der Waals surface area contributed by atoms with E-state index in [1.165, 1.54) is 15.8 Å². The van der Waals surface area contributed by atoms with Crippen molar-refractivity contribution in [1.82, 2.24) is 24.5 Å². The number of furan rings is 1. The number of H-pyrrole nitrogens is 1. The van der Waals surface area contributed by atoms with E-state index < -0.39 is 6.09 Å². The summed E-state index contributed by atoms with van der Waals surface area (Å²) in [4.78, 5) is 54.1. The molecule has 12 nitrogen and oxygen atoms in total. The lowest BCUT2D eigenvalue weighted by atomic mass is 10.1. The zero-order chi connectivity index (χ0) is 24.5. The van der Waals surface area contributed by atoms with Crippen molar-refractivity contribution >= 4 is 22.8 Å². The van der Waals surface area contributed by atoms with Gasteiger partial charge >= 0.3 is 6.09 Å². The van der Waals surface area contributed by atoms with Crippen LogP contribution in [0.5, 0.6) is 0 Å². The molecule has 35 heavy (non-hydrogen) atoms. The number of aromatic amines is 1. The molecule has 0 bridgehead atoms. The van der Waals surface area contributed by atoms with Crippen LogP contribution in [-0.2, 0) is 11.3 Å². The second kappa shape index (κ2) is 9.05. The number of nitrogens with zero attached hydrogens (tertiary/aromatic N) is 4. The number of piperazine rings is 1. The van der Waals surface area contributed by atoms with Crippen LogP contribution in [0, 0.1) is 10.7 Å². The minimum atomic E-state index is -0.506. The Morgan fingerprint density at radius 2 is 1.66 bits per heavy atom. The molecule has 0 unspecified atom stereocenters. The number of carbonyl (C=O) groups excluding carboxylic acids is 2. The Labute approximate surface area is 197 Å². The van der Waals surface area contributed by atoms with Gasteiger partial charge in [-0.3, -0.25) is 14.4 Å². The first-order valence-corrected chi connectivity index (χ1v) is 11.2. The van der Waals surface area contributed by atoms with Crippen LogP contribution < -0.4 is 10.9 Å². The van der Waals surface area contributed by atoms with Crippen LogP contribution in [-0.4, -0.2) is 74.5 Å². The second-order valence-corrected chi connectivity index (χ2v) is 8.18. The monoisotopic (exact) mass is 481 g/mol. The molecule has 1 saturated heterocycles. The van der Waals surface area contributed by atoms with E-state index in [2.05, 4.69) is 5.10 Å². The van der Waals surface area contributed by atoms with Crippen LogP contribution in [0.3, 0.4) is 0 Å². The fourth-order valence-corrected chi connectivity index (χ4v) is 4.29. The van der Waals surface area contributed by atoms with Gasteiger partial charge in [0, 0.05) is 49.9 Å². The fourth-order valence-electron chi connectivity index (χ4n) is 4.29. The standard InChI is InChI=1S/C23H23N5O7/c29-20-15-5-1-2-6-16(15)21(30)19-18(20)24-28(33)27(19)8-4-14-35-23(32)26-11-9-25(10-12-26)22(31)17-7-3-13-34-17/h1-3,5-7,13,24,33H,4,8-12,14H2. The third-order valence-electron chi connectivity index (χ3n) is 6.09. The van der Waals surface area contributed by atoms with Gasteiger partial charge in [-0.2, -0.15) is 0 Å². The van der Waals surface area contributed by atoms with Crippen molar-refractivity contribution in [1.29, 1.82) is 0 Å². The molecular weight excluding hydrogens is 458 g/mol. The number of aromatic nitrogens is 3. The zero-order valence-electron chi connectivity index (χ0n) is 18.7. The highest BCUT2D eigenvalue weighted by Gasteiger charge is 2.26. The molecule has 2 aliphatic heterocycles. The highest BCUT2D eigenvalue weighted by atomic mass is 16.6. The lowest BCUT2D eigenvalue weighted by Crippen LogP contribution is -2.50. The number of carbonyl (C=O) groups is 2. The van der Waals surface area contributed by atoms with E-state index in [9.17, 15) is 24.4 Å². The molecule has 0 spiro atoms. The smallest absolute Gasteiger partial charge is 0.409 e. The molecule has 182 valence electrons. The van der Waals surface area contributed by atoms with E-state index in [-0.39, 0.29) is 57.1 Å². The first-order valence-electron chi connectivity index (χ1n) is 11.2. The topological polar surface area (TPSA) is 143 Å². The number of amides is 2. The number of benzene rings is 1. The van der Waals surface area contributed by atoms with Crippen molar-refractivity contribution in [2.75, 3.05) is 32.8 Å².